The molecule has 1 aromatic rings. The van der Waals surface area contributed by atoms with Gasteiger partial charge in [-0.25, -0.2) is 0 Å². The van der Waals surface area contributed by atoms with Crippen LogP contribution in [0.4, 0.5) is 0 Å². The van der Waals surface area contributed by atoms with Gasteiger partial charge < -0.3 is 5.32 Å². The Balaban J connectivity index is 2.16. The molecule has 1 aromatic carbocycles. The van der Waals surface area contributed by atoms with Crippen molar-refractivity contribution in [1.29, 1.82) is 5.26 Å². The molecule has 1 fully saturated rings. The standard InChI is InChI=1S/C16H23N3/c1-13(2)14-3-5-15(6-4-14)16(7-8-17)19-11-9-18-10-12-19/h3-6,13,16,18H,7,9-12H2,1-2H3/t16-/m1/s1. The van der Waals surface area contributed by atoms with Crippen molar-refractivity contribution in [3.05, 3.63) is 35.4 Å². The van der Waals surface area contributed by atoms with Crippen molar-refractivity contribution < 1.29 is 0 Å². The summed E-state index contributed by atoms with van der Waals surface area (Å²) in [6.45, 7) is 8.50. The lowest BCUT2D eigenvalue weighted by atomic mass is 9.97. The summed E-state index contributed by atoms with van der Waals surface area (Å²) in [7, 11) is 0. The van der Waals surface area contributed by atoms with Gasteiger partial charge >= 0.3 is 0 Å². The minimum absolute atomic E-state index is 0.244. The Morgan fingerprint density at radius 2 is 1.74 bits per heavy atom. The Morgan fingerprint density at radius 3 is 2.26 bits per heavy atom. The SMILES string of the molecule is CC(C)c1ccc([C@@H](CC#N)N2CCNCC2)cc1. The predicted molar refractivity (Wildman–Crippen MR) is 77.9 cm³/mol. The van der Waals surface area contributed by atoms with Gasteiger partial charge in [-0.2, -0.15) is 5.26 Å². The number of nitrogens with zero attached hydrogens (tertiary/aromatic N) is 2. The van der Waals surface area contributed by atoms with Gasteiger partial charge in [-0.3, -0.25) is 4.90 Å². The van der Waals surface area contributed by atoms with Crippen LogP contribution in [0.2, 0.25) is 0 Å². The summed E-state index contributed by atoms with van der Waals surface area (Å²) in [6.07, 6.45) is 0.570. The molecule has 1 aliphatic rings. The molecule has 0 unspecified atom stereocenters. The van der Waals surface area contributed by atoms with Crippen molar-refractivity contribution >= 4 is 0 Å². The average Bonchev–Trinajstić information content (AvgIpc) is 2.46. The van der Waals surface area contributed by atoms with Gasteiger partial charge in [0.15, 0.2) is 0 Å². The first-order chi connectivity index (χ1) is 9.22. The van der Waals surface area contributed by atoms with E-state index in [1.165, 1.54) is 11.1 Å². The highest BCUT2D eigenvalue weighted by Gasteiger charge is 2.21. The number of benzene rings is 1. The fraction of sp³-hybridized carbons (Fsp3) is 0.562. The molecule has 3 nitrogen and oxygen atoms in total. The molecule has 102 valence electrons. The maximum absolute atomic E-state index is 9.08. The van der Waals surface area contributed by atoms with Gasteiger partial charge in [0.25, 0.3) is 0 Å². The third-order valence-corrected chi connectivity index (χ3v) is 3.86. The van der Waals surface area contributed by atoms with Crippen LogP contribution in [0.25, 0.3) is 0 Å². The Kier molecular flexibility index (Phi) is 4.95. The highest BCUT2D eigenvalue weighted by atomic mass is 15.2. The van der Waals surface area contributed by atoms with Crippen molar-refractivity contribution in [3.63, 3.8) is 0 Å². The topological polar surface area (TPSA) is 39.1 Å². The molecule has 1 N–H and O–H groups in total. The number of rotatable bonds is 4. The van der Waals surface area contributed by atoms with Crippen LogP contribution in [0, 0.1) is 11.3 Å². The van der Waals surface area contributed by atoms with Gasteiger partial charge in [-0.1, -0.05) is 38.1 Å². The van der Waals surface area contributed by atoms with Gasteiger partial charge in [0.1, 0.15) is 0 Å². The van der Waals surface area contributed by atoms with E-state index in [1.54, 1.807) is 0 Å². The van der Waals surface area contributed by atoms with Crippen LogP contribution in [0.15, 0.2) is 24.3 Å². The van der Waals surface area contributed by atoms with E-state index in [9.17, 15) is 0 Å². The zero-order valence-corrected chi connectivity index (χ0v) is 11.9. The van der Waals surface area contributed by atoms with Crippen LogP contribution in [-0.4, -0.2) is 31.1 Å². The smallest absolute Gasteiger partial charge is 0.0641 e. The van der Waals surface area contributed by atoms with Crippen LogP contribution in [0.1, 0.15) is 43.4 Å². The molecule has 1 atom stereocenters. The molecule has 0 bridgehead atoms. The number of nitrogens with one attached hydrogen (secondary N) is 1. The summed E-state index contributed by atoms with van der Waals surface area (Å²) in [5.41, 5.74) is 2.63. The predicted octanol–water partition coefficient (Wildman–Crippen LogP) is 2.67. The molecule has 0 radical (unpaired) electrons. The van der Waals surface area contributed by atoms with Crippen LogP contribution < -0.4 is 5.32 Å². The Bertz CT molecular complexity index is 424. The summed E-state index contributed by atoms with van der Waals surface area (Å²) in [5.74, 6) is 0.558. The van der Waals surface area contributed by atoms with Gasteiger partial charge in [0.2, 0.25) is 0 Å². The fourth-order valence-electron chi connectivity index (χ4n) is 2.64. The van der Waals surface area contributed by atoms with E-state index in [-0.39, 0.29) is 6.04 Å². The largest absolute Gasteiger partial charge is 0.314 e. The lowest BCUT2D eigenvalue weighted by molar-refractivity contribution is 0.175. The summed E-state index contributed by atoms with van der Waals surface area (Å²) in [4.78, 5) is 2.42. The van der Waals surface area contributed by atoms with Crippen LogP contribution in [0.5, 0.6) is 0 Å². The molecule has 1 saturated heterocycles. The number of piperazine rings is 1. The van der Waals surface area contributed by atoms with Gasteiger partial charge in [0.05, 0.1) is 12.5 Å². The molecule has 0 spiro atoms. The Morgan fingerprint density at radius 1 is 1.16 bits per heavy atom. The molecule has 0 aromatic heterocycles. The minimum Gasteiger partial charge on any atom is -0.314 e. The molecule has 0 saturated carbocycles. The molecular formula is C16H23N3. The van der Waals surface area contributed by atoms with Crippen LogP contribution in [0.3, 0.4) is 0 Å². The summed E-state index contributed by atoms with van der Waals surface area (Å²) in [5, 5.41) is 12.4. The number of hydrogen-bond acceptors (Lipinski definition) is 3. The van der Waals surface area contributed by atoms with E-state index in [4.69, 9.17) is 5.26 Å². The maximum atomic E-state index is 9.08. The van der Waals surface area contributed by atoms with Crippen molar-refractivity contribution in [3.8, 4) is 6.07 Å². The van der Waals surface area contributed by atoms with Gasteiger partial charge in [0, 0.05) is 32.2 Å². The highest BCUT2D eigenvalue weighted by molar-refractivity contribution is 5.27. The van der Waals surface area contributed by atoms with Crippen LogP contribution >= 0.6 is 0 Å². The first kappa shape index (κ1) is 14.0. The quantitative estimate of drug-likeness (QED) is 0.901. The third-order valence-electron chi connectivity index (χ3n) is 3.86. The maximum Gasteiger partial charge on any atom is 0.0641 e. The monoisotopic (exact) mass is 257 g/mol. The van der Waals surface area contributed by atoms with Crippen molar-refractivity contribution in [2.75, 3.05) is 26.2 Å². The second-order valence-corrected chi connectivity index (χ2v) is 5.49. The first-order valence-corrected chi connectivity index (χ1v) is 7.14. The van der Waals surface area contributed by atoms with E-state index >= 15 is 0 Å². The molecule has 19 heavy (non-hydrogen) atoms. The summed E-state index contributed by atoms with van der Waals surface area (Å²) < 4.78 is 0. The Labute approximate surface area is 116 Å². The molecule has 0 amide bonds. The summed E-state index contributed by atoms with van der Waals surface area (Å²) in [6, 6.07) is 11.4. The van der Waals surface area contributed by atoms with Crippen LogP contribution in [-0.2, 0) is 0 Å². The second-order valence-electron chi connectivity index (χ2n) is 5.49. The molecule has 2 rings (SSSR count). The van der Waals surface area contributed by atoms with Crippen molar-refractivity contribution in [1.82, 2.24) is 10.2 Å². The lowest BCUT2D eigenvalue weighted by Gasteiger charge is -2.34. The Hall–Kier alpha value is -1.37. The molecular weight excluding hydrogens is 234 g/mol. The number of nitriles is 1. The average molecular weight is 257 g/mol. The molecule has 1 heterocycles. The fourth-order valence-corrected chi connectivity index (χ4v) is 2.64. The van der Waals surface area contributed by atoms with E-state index in [0.717, 1.165) is 26.2 Å². The molecule has 3 heteroatoms. The second kappa shape index (κ2) is 6.70. The van der Waals surface area contributed by atoms with E-state index in [1.807, 2.05) is 0 Å². The van der Waals surface area contributed by atoms with E-state index in [0.29, 0.717) is 12.3 Å². The molecule has 0 aliphatic carbocycles. The third kappa shape index (κ3) is 3.56. The summed E-state index contributed by atoms with van der Waals surface area (Å²) >= 11 is 0. The normalized spacial score (nSPS) is 18.2. The van der Waals surface area contributed by atoms with Gasteiger partial charge in [-0.05, 0) is 17.0 Å². The van der Waals surface area contributed by atoms with Crippen molar-refractivity contribution in [2.45, 2.75) is 32.2 Å². The highest BCUT2D eigenvalue weighted by Crippen LogP contribution is 2.26. The molecule has 1 aliphatic heterocycles. The van der Waals surface area contributed by atoms with Gasteiger partial charge in [-0.15, -0.1) is 0 Å². The van der Waals surface area contributed by atoms with E-state index < -0.39 is 0 Å². The number of hydrogen-bond donors (Lipinski definition) is 1. The van der Waals surface area contributed by atoms with E-state index in [2.05, 4.69) is 54.4 Å². The zero-order valence-electron chi connectivity index (χ0n) is 11.9. The lowest BCUT2D eigenvalue weighted by Crippen LogP contribution is -2.45. The zero-order chi connectivity index (χ0) is 13.7. The first-order valence-electron chi connectivity index (χ1n) is 7.14. The van der Waals surface area contributed by atoms with Crippen molar-refractivity contribution in [2.24, 2.45) is 0 Å². The minimum atomic E-state index is 0.244.